The van der Waals surface area contributed by atoms with Gasteiger partial charge in [-0.15, -0.1) is 0 Å². The van der Waals surface area contributed by atoms with Crippen LogP contribution in [0.15, 0.2) is 36.4 Å². The second-order valence-corrected chi connectivity index (χ2v) is 5.21. The molecule has 5 nitrogen and oxygen atoms in total. The fourth-order valence-electron chi connectivity index (χ4n) is 2.36. The van der Waals surface area contributed by atoms with E-state index < -0.39 is 5.97 Å². The van der Waals surface area contributed by atoms with Crippen molar-refractivity contribution in [2.75, 3.05) is 0 Å². The molecule has 0 saturated carbocycles. The summed E-state index contributed by atoms with van der Waals surface area (Å²) in [5.74, 6) is 0.598. The van der Waals surface area contributed by atoms with Gasteiger partial charge in [0.05, 0.1) is 5.56 Å². The molecule has 0 atom stereocenters. The first-order valence-corrected chi connectivity index (χ1v) is 6.75. The van der Waals surface area contributed by atoms with Crippen LogP contribution in [0.4, 0.5) is 0 Å². The van der Waals surface area contributed by atoms with Gasteiger partial charge >= 0.3 is 5.97 Å². The molecule has 0 saturated heterocycles. The van der Waals surface area contributed by atoms with Gasteiger partial charge in [-0.05, 0) is 11.5 Å². The summed E-state index contributed by atoms with van der Waals surface area (Å²) >= 11 is 0. The minimum absolute atomic E-state index is 0.236. The van der Waals surface area contributed by atoms with Gasteiger partial charge < -0.3 is 5.11 Å². The van der Waals surface area contributed by atoms with E-state index in [0.717, 1.165) is 16.8 Å². The highest BCUT2D eigenvalue weighted by molar-refractivity contribution is 6.09. The van der Waals surface area contributed by atoms with Crippen molar-refractivity contribution in [2.45, 2.75) is 19.8 Å². The second kappa shape index (κ2) is 5.01. The van der Waals surface area contributed by atoms with Gasteiger partial charge in [-0.2, -0.15) is 5.10 Å². The van der Waals surface area contributed by atoms with E-state index in [1.54, 1.807) is 12.1 Å². The fourth-order valence-corrected chi connectivity index (χ4v) is 2.36. The van der Waals surface area contributed by atoms with Crippen molar-refractivity contribution in [2.24, 2.45) is 0 Å². The average Bonchev–Trinajstić information content (AvgIpc) is 2.95. The number of aromatic amines is 1. The monoisotopic (exact) mass is 281 g/mol. The fraction of sp³-hybridized carbons (Fsp3) is 0.188. The number of rotatable bonds is 3. The molecule has 21 heavy (non-hydrogen) atoms. The average molecular weight is 281 g/mol. The van der Waals surface area contributed by atoms with Crippen molar-refractivity contribution < 1.29 is 9.90 Å². The molecular formula is C16H15N3O2. The van der Waals surface area contributed by atoms with E-state index in [1.165, 1.54) is 0 Å². The highest BCUT2D eigenvalue weighted by atomic mass is 16.4. The molecule has 0 bridgehead atoms. The minimum atomic E-state index is -0.951. The molecule has 0 amide bonds. The van der Waals surface area contributed by atoms with Crippen LogP contribution in [0.25, 0.3) is 22.2 Å². The molecule has 106 valence electrons. The maximum Gasteiger partial charge on any atom is 0.336 e. The summed E-state index contributed by atoms with van der Waals surface area (Å²) < 4.78 is 0. The van der Waals surface area contributed by atoms with E-state index in [2.05, 4.69) is 15.2 Å². The van der Waals surface area contributed by atoms with Crippen LogP contribution >= 0.6 is 0 Å². The van der Waals surface area contributed by atoms with Gasteiger partial charge in [-0.25, -0.2) is 9.78 Å². The molecule has 5 heteroatoms. The minimum Gasteiger partial charge on any atom is -0.478 e. The van der Waals surface area contributed by atoms with Crippen LogP contribution in [0.3, 0.4) is 0 Å². The van der Waals surface area contributed by atoms with Crippen LogP contribution in [-0.2, 0) is 0 Å². The van der Waals surface area contributed by atoms with Crippen LogP contribution < -0.4 is 0 Å². The molecule has 0 fully saturated rings. The Kier molecular flexibility index (Phi) is 3.17. The number of fused-ring (bicyclic) bond motifs is 1. The number of carboxylic acid groups (broad SMARTS) is 1. The Bertz CT molecular complexity index is 816. The first kappa shape index (κ1) is 13.3. The van der Waals surface area contributed by atoms with E-state index >= 15 is 0 Å². The Morgan fingerprint density at radius 2 is 1.90 bits per heavy atom. The summed E-state index contributed by atoms with van der Waals surface area (Å²) in [5.41, 5.74) is 0.993. The van der Waals surface area contributed by atoms with Crippen molar-refractivity contribution in [3.63, 3.8) is 0 Å². The molecule has 0 radical (unpaired) electrons. The third-order valence-corrected chi connectivity index (χ3v) is 3.43. The standard InChI is InChI=1S/C16H15N3O2/c1-9(2)14-17-15(19-18-14)11-7-3-5-10-6-4-8-12(13(10)11)16(20)21/h3-9H,1-2H3,(H,20,21)(H,17,18,19). The molecule has 0 aliphatic rings. The lowest BCUT2D eigenvalue weighted by molar-refractivity contribution is 0.0699. The number of carboxylic acids is 1. The quantitative estimate of drug-likeness (QED) is 0.770. The number of nitrogens with one attached hydrogen (secondary N) is 1. The zero-order valence-corrected chi connectivity index (χ0v) is 11.8. The summed E-state index contributed by atoms with van der Waals surface area (Å²) in [4.78, 5) is 15.9. The Labute approximate surface area is 121 Å². The predicted molar refractivity (Wildman–Crippen MR) is 80.4 cm³/mol. The molecule has 1 aromatic heterocycles. The first-order valence-electron chi connectivity index (χ1n) is 6.75. The molecule has 0 spiro atoms. The van der Waals surface area contributed by atoms with Gasteiger partial charge in [0, 0.05) is 16.9 Å². The van der Waals surface area contributed by atoms with Crippen molar-refractivity contribution in [1.82, 2.24) is 15.2 Å². The van der Waals surface area contributed by atoms with Gasteiger partial charge in [-0.3, -0.25) is 5.10 Å². The molecule has 0 aliphatic carbocycles. The molecule has 1 heterocycles. The summed E-state index contributed by atoms with van der Waals surface area (Å²) in [6.45, 7) is 4.05. The van der Waals surface area contributed by atoms with Gasteiger partial charge in [0.2, 0.25) is 0 Å². The van der Waals surface area contributed by atoms with Crippen LogP contribution in [0.1, 0.15) is 35.9 Å². The maximum absolute atomic E-state index is 11.5. The number of benzene rings is 2. The molecule has 3 rings (SSSR count). The Hall–Kier alpha value is -2.69. The van der Waals surface area contributed by atoms with Crippen molar-refractivity contribution in [1.29, 1.82) is 0 Å². The third kappa shape index (κ3) is 2.27. The maximum atomic E-state index is 11.5. The SMILES string of the molecule is CC(C)c1nc(-c2cccc3cccc(C(=O)O)c23)n[nH]1. The largest absolute Gasteiger partial charge is 0.478 e. The summed E-state index contributed by atoms with van der Waals surface area (Å²) in [6, 6.07) is 10.9. The number of hydrogen-bond acceptors (Lipinski definition) is 3. The van der Waals surface area contributed by atoms with Crippen LogP contribution in [0.2, 0.25) is 0 Å². The molecule has 2 aromatic carbocycles. The highest BCUT2D eigenvalue weighted by Gasteiger charge is 2.16. The van der Waals surface area contributed by atoms with Crippen molar-refractivity contribution in [3.05, 3.63) is 47.8 Å². The topological polar surface area (TPSA) is 78.9 Å². The number of nitrogens with zero attached hydrogens (tertiary/aromatic N) is 2. The Morgan fingerprint density at radius 1 is 1.19 bits per heavy atom. The van der Waals surface area contributed by atoms with E-state index in [4.69, 9.17) is 0 Å². The predicted octanol–water partition coefficient (Wildman–Crippen LogP) is 3.45. The molecule has 0 unspecified atom stereocenters. The van der Waals surface area contributed by atoms with Gasteiger partial charge in [0.1, 0.15) is 5.82 Å². The summed E-state index contributed by atoms with van der Waals surface area (Å²) in [5, 5.41) is 18.1. The van der Waals surface area contributed by atoms with Gasteiger partial charge in [0.25, 0.3) is 0 Å². The third-order valence-electron chi connectivity index (χ3n) is 3.43. The van der Waals surface area contributed by atoms with Gasteiger partial charge in [-0.1, -0.05) is 44.2 Å². The van der Waals surface area contributed by atoms with Crippen LogP contribution in [-0.4, -0.2) is 26.3 Å². The van der Waals surface area contributed by atoms with Crippen LogP contribution in [0, 0.1) is 0 Å². The smallest absolute Gasteiger partial charge is 0.336 e. The van der Waals surface area contributed by atoms with Crippen molar-refractivity contribution >= 4 is 16.7 Å². The Morgan fingerprint density at radius 3 is 2.52 bits per heavy atom. The first-order chi connectivity index (χ1) is 10.1. The van der Waals surface area contributed by atoms with Crippen molar-refractivity contribution in [3.8, 4) is 11.4 Å². The zero-order valence-electron chi connectivity index (χ0n) is 11.8. The van der Waals surface area contributed by atoms with E-state index in [-0.39, 0.29) is 11.5 Å². The number of aromatic carboxylic acids is 1. The zero-order chi connectivity index (χ0) is 15.0. The molecule has 2 N–H and O–H groups in total. The van der Waals surface area contributed by atoms with E-state index in [1.807, 2.05) is 38.1 Å². The number of aromatic nitrogens is 3. The molecular weight excluding hydrogens is 266 g/mol. The summed E-state index contributed by atoms with van der Waals surface area (Å²) in [6.07, 6.45) is 0. The highest BCUT2D eigenvalue weighted by Crippen LogP contribution is 2.29. The van der Waals surface area contributed by atoms with Gasteiger partial charge in [0.15, 0.2) is 5.82 Å². The normalized spacial score (nSPS) is 11.2. The molecule has 0 aliphatic heterocycles. The lowest BCUT2D eigenvalue weighted by atomic mass is 9.99. The number of carbonyl (C=O) groups is 1. The Balaban J connectivity index is 2.29. The number of hydrogen-bond donors (Lipinski definition) is 2. The van der Waals surface area contributed by atoms with E-state index in [0.29, 0.717) is 11.2 Å². The lowest BCUT2D eigenvalue weighted by Crippen LogP contribution is -1.99. The van der Waals surface area contributed by atoms with E-state index in [9.17, 15) is 9.90 Å². The van der Waals surface area contributed by atoms with Crippen LogP contribution in [0.5, 0.6) is 0 Å². The summed E-state index contributed by atoms with van der Waals surface area (Å²) in [7, 11) is 0. The number of H-pyrrole nitrogens is 1. The molecule has 3 aromatic rings. The second-order valence-electron chi connectivity index (χ2n) is 5.21. The lowest BCUT2D eigenvalue weighted by Gasteiger charge is -2.06.